The molecule has 0 saturated carbocycles. The van der Waals surface area contributed by atoms with Gasteiger partial charge >= 0.3 is 12.1 Å². The van der Waals surface area contributed by atoms with Crippen LogP contribution in [0.25, 0.3) is 16.9 Å². The number of carbonyl (C=O) groups is 3. The molecule has 1 unspecified atom stereocenters. The Morgan fingerprint density at radius 3 is 2.70 bits per heavy atom. The van der Waals surface area contributed by atoms with Crippen LogP contribution in [-0.2, 0) is 16.1 Å². The molecule has 1 aromatic carbocycles. The summed E-state index contributed by atoms with van der Waals surface area (Å²) in [4.78, 5) is 45.2. The lowest BCUT2D eigenvalue weighted by molar-refractivity contribution is -0.141. The zero-order valence-corrected chi connectivity index (χ0v) is 22.2. The number of anilines is 1. The number of hydrogen-bond donors (Lipinski definition) is 1. The number of fused-ring (bicyclic) bond motifs is 1. The van der Waals surface area contributed by atoms with Gasteiger partial charge in [-0.1, -0.05) is 6.07 Å². The Morgan fingerprint density at radius 2 is 2.00 bits per heavy atom. The molecule has 2 amide bonds. The van der Waals surface area contributed by atoms with Gasteiger partial charge < -0.3 is 14.7 Å². The molecule has 11 nitrogen and oxygen atoms in total. The Morgan fingerprint density at radius 1 is 1.23 bits per heavy atom. The summed E-state index contributed by atoms with van der Waals surface area (Å²) < 4.78 is 21.8. The van der Waals surface area contributed by atoms with Gasteiger partial charge in [-0.3, -0.25) is 9.59 Å². The quantitative estimate of drug-likeness (QED) is 0.511. The molecule has 2 aliphatic heterocycles. The second-order valence-electron chi connectivity index (χ2n) is 10.7. The molecular formula is C28H27FN6O5. The van der Waals surface area contributed by atoms with E-state index < -0.39 is 35.3 Å². The van der Waals surface area contributed by atoms with Crippen LogP contribution in [0.3, 0.4) is 0 Å². The van der Waals surface area contributed by atoms with Crippen molar-refractivity contribution in [2.45, 2.75) is 45.8 Å². The zero-order valence-electron chi connectivity index (χ0n) is 22.2. The number of carboxylic acid groups (broad SMARTS) is 1. The van der Waals surface area contributed by atoms with E-state index in [1.807, 2.05) is 11.0 Å². The number of benzene rings is 1. The number of piperidine rings is 1. The van der Waals surface area contributed by atoms with Gasteiger partial charge in [0.25, 0.3) is 5.91 Å². The molecule has 206 valence electrons. The number of carboxylic acids is 1. The van der Waals surface area contributed by atoms with Crippen LogP contribution in [-0.4, -0.2) is 61.4 Å². The summed E-state index contributed by atoms with van der Waals surface area (Å²) in [6, 6.07) is 9.23. The first-order chi connectivity index (χ1) is 19.0. The van der Waals surface area contributed by atoms with E-state index in [1.54, 1.807) is 33.0 Å². The van der Waals surface area contributed by atoms with Crippen molar-refractivity contribution < 1.29 is 28.6 Å². The molecule has 2 aromatic heterocycles. The lowest BCUT2D eigenvalue weighted by Gasteiger charge is -2.30. The van der Waals surface area contributed by atoms with Crippen molar-refractivity contribution in [2.75, 3.05) is 18.0 Å². The molecule has 1 fully saturated rings. The summed E-state index contributed by atoms with van der Waals surface area (Å²) in [6.45, 7) is 5.75. The molecule has 0 radical (unpaired) electrons. The number of pyridine rings is 1. The minimum atomic E-state index is -0.869. The van der Waals surface area contributed by atoms with Crippen LogP contribution in [0.5, 0.6) is 0 Å². The minimum absolute atomic E-state index is 0.0371. The van der Waals surface area contributed by atoms with Gasteiger partial charge in [0.1, 0.15) is 11.4 Å². The summed E-state index contributed by atoms with van der Waals surface area (Å²) in [5, 5.41) is 23.7. The third-order valence-electron chi connectivity index (χ3n) is 6.76. The van der Waals surface area contributed by atoms with Crippen LogP contribution in [0.1, 0.15) is 55.2 Å². The van der Waals surface area contributed by atoms with Gasteiger partial charge in [-0.2, -0.15) is 10.4 Å². The molecule has 0 spiro atoms. The highest BCUT2D eigenvalue weighted by Crippen LogP contribution is 2.35. The number of carbonyl (C=O) groups excluding carboxylic acids is 2. The maximum absolute atomic E-state index is 15.0. The Labute approximate surface area is 229 Å². The summed E-state index contributed by atoms with van der Waals surface area (Å²) in [6.07, 6.45) is 2.02. The fraction of sp³-hybridized carbons (Fsp3) is 0.357. The molecule has 0 aliphatic carbocycles. The van der Waals surface area contributed by atoms with Crippen LogP contribution >= 0.6 is 0 Å². The van der Waals surface area contributed by atoms with Gasteiger partial charge in [-0.05, 0) is 51.8 Å². The first-order valence-electron chi connectivity index (χ1n) is 12.8. The van der Waals surface area contributed by atoms with E-state index in [-0.39, 0.29) is 46.9 Å². The number of halogens is 1. The molecule has 2 aliphatic rings. The van der Waals surface area contributed by atoms with E-state index in [0.717, 1.165) is 4.90 Å². The third kappa shape index (κ3) is 4.98. The maximum Gasteiger partial charge on any atom is 0.417 e. The Kier molecular flexibility index (Phi) is 6.75. The largest absolute Gasteiger partial charge is 0.481 e. The van der Waals surface area contributed by atoms with Crippen LogP contribution in [0.2, 0.25) is 0 Å². The van der Waals surface area contributed by atoms with Crippen LogP contribution in [0, 0.1) is 23.1 Å². The summed E-state index contributed by atoms with van der Waals surface area (Å²) in [7, 11) is 0. The molecule has 1 N–H and O–H groups in total. The third-order valence-corrected chi connectivity index (χ3v) is 6.76. The highest BCUT2D eigenvalue weighted by Gasteiger charge is 2.39. The normalized spacial score (nSPS) is 17.0. The topological polar surface area (TPSA) is 142 Å². The van der Waals surface area contributed by atoms with Crippen molar-refractivity contribution >= 4 is 23.8 Å². The van der Waals surface area contributed by atoms with Gasteiger partial charge in [0.15, 0.2) is 5.82 Å². The second kappa shape index (κ2) is 10.1. The van der Waals surface area contributed by atoms with Crippen molar-refractivity contribution in [1.29, 1.82) is 5.26 Å². The number of nitrogens with zero attached hydrogens (tertiary/aromatic N) is 6. The highest BCUT2D eigenvalue weighted by atomic mass is 19.1. The van der Waals surface area contributed by atoms with Crippen LogP contribution in [0.4, 0.5) is 15.0 Å². The average molecular weight is 547 g/mol. The lowest BCUT2D eigenvalue weighted by Crippen LogP contribution is -2.39. The molecule has 12 heteroatoms. The fourth-order valence-corrected chi connectivity index (χ4v) is 4.94. The molecule has 1 saturated heterocycles. The highest BCUT2D eigenvalue weighted by molar-refractivity contribution is 6.08. The second-order valence-corrected chi connectivity index (χ2v) is 10.7. The van der Waals surface area contributed by atoms with Gasteiger partial charge in [0, 0.05) is 25.4 Å². The van der Waals surface area contributed by atoms with Gasteiger partial charge in [-0.15, -0.1) is 0 Å². The van der Waals surface area contributed by atoms with E-state index in [0.29, 0.717) is 25.2 Å². The molecule has 3 aromatic rings. The van der Waals surface area contributed by atoms with Crippen LogP contribution < -0.4 is 4.90 Å². The van der Waals surface area contributed by atoms with Gasteiger partial charge in [0.2, 0.25) is 0 Å². The number of amides is 2. The van der Waals surface area contributed by atoms with Crippen LogP contribution in [0.15, 0.2) is 36.5 Å². The fourth-order valence-electron chi connectivity index (χ4n) is 4.94. The van der Waals surface area contributed by atoms with Crippen molar-refractivity contribution in [1.82, 2.24) is 19.7 Å². The first kappa shape index (κ1) is 26.8. The number of aliphatic carboxylic acids is 1. The predicted octanol–water partition coefficient (Wildman–Crippen LogP) is 4.14. The van der Waals surface area contributed by atoms with Crippen molar-refractivity contribution in [3.05, 3.63) is 59.2 Å². The molecule has 40 heavy (non-hydrogen) atoms. The predicted molar refractivity (Wildman–Crippen MR) is 140 cm³/mol. The van der Waals surface area contributed by atoms with E-state index in [9.17, 15) is 24.8 Å². The molecule has 5 rings (SSSR count). The number of hydrogen-bond acceptors (Lipinski definition) is 8. The van der Waals surface area contributed by atoms with E-state index in [4.69, 9.17) is 4.74 Å². The van der Waals surface area contributed by atoms with E-state index in [2.05, 4.69) is 10.1 Å². The maximum atomic E-state index is 15.0. The van der Waals surface area contributed by atoms with Crippen molar-refractivity contribution in [3.8, 4) is 23.0 Å². The SMILES string of the molecule is CC(C)(C)OC(=O)N1Cc2nc(-c3c(F)cccc3C#N)cc(-n3ccc(N4CCCC(C(=O)O)C4)n3)c2C1=O. The monoisotopic (exact) mass is 546 g/mol. The summed E-state index contributed by atoms with van der Waals surface area (Å²) in [5.41, 5.74) is -0.186. The number of ether oxygens (including phenoxy) is 1. The Bertz CT molecular complexity index is 1570. The zero-order chi connectivity index (χ0) is 28.8. The van der Waals surface area contributed by atoms with Gasteiger partial charge in [-0.25, -0.2) is 23.8 Å². The van der Waals surface area contributed by atoms with E-state index in [1.165, 1.54) is 28.9 Å². The standard InChI is InChI=1S/C28H27FN6O5/c1-28(2,3)40-27(39)34-15-20-24(25(34)36)21(12-19(31-20)23-16(13-30)6-4-8-18(23)29)35-11-9-22(32-35)33-10-5-7-17(14-33)26(37)38/h4,6,8-9,11-12,17H,5,7,10,14-15H2,1-3H3,(H,37,38). The first-order valence-corrected chi connectivity index (χ1v) is 12.8. The Hall–Kier alpha value is -4.79. The molecular weight excluding hydrogens is 519 g/mol. The number of nitriles is 1. The summed E-state index contributed by atoms with van der Waals surface area (Å²) >= 11 is 0. The lowest BCUT2D eigenvalue weighted by atomic mass is 9.98. The van der Waals surface area contributed by atoms with Crippen molar-refractivity contribution in [2.24, 2.45) is 5.92 Å². The number of aromatic nitrogens is 3. The Balaban J connectivity index is 1.61. The van der Waals surface area contributed by atoms with E-state index >= 15 is 4.39 Å². The minimum Gasteiger partial charge on any atom is -0.481 e. The smallest absolute Gasteiger partial charge is 0.417 e. The molecule has 4 heterocycles. The summed E-state index contributed by atoms with van der Waals surface area (Å²) in [5.74, 6) is -2.19. The van der Waals surface area contributed by atoms with Gasteiger partial charge in [0.05, 0.1) is 52.3 Å². The number of rotatable bonds is 4. The molecule has 1 atom stereocenters. The average Bonchev–Trinajstić information content (AvgIpc) is 3.52. The molecule has 0 bridgehead atoms. The number of imide groups is 1. The van der Waals surface area contributed by atoms with Crippen molar-refractivity contribution in [3.63, 3.8) is 0 Å².